The van der Waals surface area contributed by atoms with Crippen LogP contribution in [-0.4, -0.2) is 6.61 Å². The molecule has 0 heterocycles. The minimum Gasteiger partial charge on any atom is -0.490 e. The molecule has 0 radical (unpaired) electrons. The van der Waals surface area contributed by atoms with E-state index in [1.807, 2.05) is 6.92 Å². The van der Waals surface area contributed by atoms with Gasteiger partial charge in [-0.3, -0.25) is 0 Å². The van der Waals surface area contributed by atoms with Crippen LogP contribution >= 0.6 is 0 Å². The van der Waals surface area contributed by atoms with E-state index in [0.717, 1.165) is 31.6 Å². The van der Waals surface area contributed by atoms with E-state index in [0.29, 0.717) is 12.5 Å². The number of hydrogen-bond donors (Lipinski definition) is 0. The van der Waals surface area contributed by atoms with Gasteiger partial charge in [-0.1, -0.05) is 51.4 Å². The Balaban J connectivity index is 1.93. The van der Waals surface area contributed by atoms with Gasteiger partial charge in [-0.15, -0.1) is 0 Å². The van der Waals surface area contributed by atoms with Crippen LogP contribution in [0.5, 0.6) is 5.75 Å². The molecule has 25 heavy (non-hydrogen) atoms. The molecule has 1 fully saturated rings. The van der Waals surface area contributed by atoms with Gasteiger partial charge >= 0.3 is 0 Å². The molecule has 1 aliphatic rings. The monoisotopic (exact) mass is 348 g/mol. The van der Waals surface area contributed by atoms with Crippen molar-refractivity contribution < 1.29 is 13.5 Å². The Labute approximate surface area is 151 Å². The molecule has 0 amide bonds. The predicted molar refractivity (Wildman–Crippen MR) is 98.6 cm³/mol. The van der Waals surface area contributed by atoms with E-state index >= 15 is 0 Å². The van der Waals surface area contributed by atoms with Crippen molar-refractivity contribution in [1.82, 2.24) is 0 Å². The van der Waals surface area contributed by atoms with Crippen LogP contribution in [0.2, 0.25) is 0 Å². The van der Waals surface area contributed by atoms with E-state index < -0.39 is 11.6 Å². The lowest BCUT2D eigenvalue weighted by atomic mass is 9.80. The molecule has 0 atom stereocenters. The number of rotatable bonds is 7. The van der Waals surface area contributed by atoms with Crippen molar-refractivity contribution in [2.45, 2.75) is 71.6 Å². The van der Waals surface area contributed by atoms with E-state index in [4.69, 9.17) is 4.74 Å². The van der Waals surface area contributed by atoms with Gasteiger partial charge in [0.1, 0.15) is 0 Å². The predicted octanol–water partition coefficient (Wildman–Crippen LogP) is 6.49. The molecular formula is C22H30F2O. The minimum atomic E-state index is -0.925. The molecular weight excluding hydrogens is 318 g/mol. The number of hydrogen-bond acceptors (Lipinski definition) is 1. The van der Waals surface area contributed by atoms with E-state index in [1.54, 1.807) is 0 Å². The lowest BCUT2D eigenvalue weighted by Crippen LogP contribution is -2.13. The Bertz CT molecular complexity index is 592. The summed E-state index contributed by atoms with van der Waals surface area (Å²) >= 11 is 0. The van der Waals surface area contributed by atoms with E-state index in [9.17, 15) is 8.78 Å². The van der Waals surface area contributed by atoms with Gasteiger partial charge in [-0.2, -0.15) is 4.39 Å². The molecule has 1 aliphatic carbocycles. The molecule has 0 N–H and O–H groups in total. The zero-order valence-electron chi connectivity index (χ0n) is 15.5. The molecule has 1 aromatic rings. The molecule has 1 saturated carbocycles. The molecule has 1 aromatic carbocycles. The summed E-state index contributed by atoms with van der Waals surface area (Å²) in [5.74, 6) is 5.31. The highest BCUT2D eigenvalue weighted by Gasteiger charge is 2.19. The van der Waals surface area contributed by atoms with Gasteiger partial charge in [0.15, 0.2) is 11.6 Å². The third-order valence-corrected chi connectivity index (χ3v) is 5.03. The average molecular weight is 348 g/mol. The van der Waals surface area contributed by atoms with Gasteiger partial charge in [-0.25, -0.2) is 4.39 Å². The quantitative estimate of drug-likeness (QED) is 0.404. The van der Waals surface area contributed by atoms with Gasteiger partial charge in [0.25, 0.3) is 0 Å². The zero-order chi connectivity index (χ0) is 18.1. The van der Waals surface area contributed by atoms with E-state index in [-0.39, 0.29) is 11.3 Å². The fraction of sp³-hybridized carbons (Fsp3) is 0.636. The summed E-state index contributed by atoms with van der Waals surface area (Å²) in [5.41, 5.74) is 0.133. The first-order valence-corrected chi connectivity index (χ1v) is 9.78. The topological polar surface area (TPSA) is 9.23 Å². The second-order valence-corrected chi connectivity index (χ2v) is 7.07. The molecule has 1 nitrogen and oxygen atoms in total. The average Bonchev–Trinajstić information content (AvgIpc) is 2.64. The van der Waals surface area contributed by atoms with Crippen molar-refractivity contribution >= 4 is 0 Å². The molecule has 138 valence electrons. The van der Waals surface area contributed by atoms with E-state index in [1.165, 1.54) is 44.2 Å². The van der Waals surface area contributed by atoms with Crippen LogP contribution in [0, 0.1) is 35.3 Å². The highest BCUT2D eigenvalue weighted by Crippen LogP contribution is 2.31. The molecule has 0 aliphatic heterocycles. The maximum absolute atomic E-state index is 14.2. The third-order valence-electron chi connectivity index (χ3n) is 5.03. The van der Waals surface area contributed by atoms with Crippen molar-refractivity contribution in [2.24, 2.45) is 11.8 Å². The first-order chi connectivity index (χ1) is 12.2. The maximum atomic E-state index is 14.2. The number of ether oxygens (including phenoxy) is 1. The SMILES string of the molecule is CCCCOc1ccc(C#C[C@H]2CC[C@H](CCCC)CC2)c(F)c1F. The molecule has 0 bridgehead atoms. The fourth-order valence-electron chi connectivity index (χ4n) is 3.33. The molecule has 0 saturated heterocycles. The minimum absolute atomic E-state index is 0.0204. The van der Waals surface area contributed by atoms with Crippen LogP contribution in [0.25, 0.3) is 0 Å². The van der Waals surface area contributed by atoms with Crippen LogP contribution in [0.3, 0.4) is 0 Å². The highest BCUT2D eigenvalue weighted by molar-refractivity contribution is 5.41. The summed E-state index contributed by atoms with van der Waals surface area (Å²) < 4.78 is 33.5. The number of halogens is 2. The maximum Gasteiger partial charge on any atom is 0.201 e. The first-order valence-electron chi connectivity index (χ1n) is 9.78. The summed E-state index contributed by atoms with van der Waals surface area (Å²) in [4.78, 5) is 0. The van der Waals surface area contributed by atoms with Crippen LogP contribution in [-0.2, 0) is 0 Å². The Kier molecular flexibility index (Phi) is 8.25. The molecule has 0 unspecified atom stereocenters. The lowest BCUT2D eigenvalue weighted by molar-refractivity contribution is 0.288. The second kappa shape index (κ2) is 10.4. The molecule has 3 heteroatoms. The third kappa shape index (κ3) is 6.03. The van der Waals surface area contributed by atoms with Crippen LogP contribution < -0.4 is 4.74 Å². The van der Waals surface area contributed by atoms with Gasteiger partial charge in [-0.05, 0) is 50.2 Å². The van der Waals surface area contributed by atoms with Gasteiger partial charge < -0.3 is 4.74 Å². The Morgan fingerprint density at radius 3 is 2.40 bits per heavy atom. The highest BCUT2D eigenvalue weighted by atomic mass is 19.2. The summed E-state index contributed by atoms with van der Waals surface area (Å²) in [6.45, 7) is 4.65. The Hall–Kier alpha value is -1.56. The zero-order valence-corrected chi connectivity index (χ0v) is 15.5. The Morgan fingerprint density at radius 2 is 1.72 bits per heavy atom. The standard InChI is InChI=1S/C22H30F2O/c1-3-5-7-17-8-10-18(11-9-17)12-13-19-14-15-20(22(24)21(19)23)25-16-6-4-2/h14-15,17-18H,3-11,16H2,1-2H3/t17-,18-. The van der Waals surface area contributed by atoms with Gasteiger partial charge in [0.2, 0.25) is 5.82 Å². The van der Waals surface area contributed by atoms with Gasteiger partial charge in [0.05, 0.1) is 12.2 Å². The van der Waals surface area contributed by atoms with Crippen LogP contribution in [0.4, 0.5) is 8.78 Å². The molecule has 0 spiro atoms. The summed E-state index contributed by atoms with van der Waals surface area (Å²) in [6.07, 6.45) is 10.2. The number of benzene rings is 1. The van der Waals surface area contributed by atoms with Gasteiger partial charge in [0, 0.05) is 5.92 Å². The smallest absolute Gasteiger partial charge is 0.201 e. The van der Waals surface area contributed by atoms with Crippen molar-refractivity contribution in [3.8, 4) is 17.6 Å². The van der Waals surface area contributed by atoms with Crippen molar-refractivity contribution in [1.29, 1.82) is 0 Å². The van der Waals surface area contributed by atoms with Crippen molar-refractivity contribution in [2.75, 3.05) is 6.61 Å². The normalized spacial score (nSPS) is 20.0. The van der Waals surface area contributed by atoms with Crippen molar-refractivity contribution in [3.05, 3.63) is 29.3 Å². The lowest BCUT2D eigenvalue weighted by Gasteiger charge is -2.25. The number of unbranched alkanes of at least 4 members (excludes halogenated alkanes) is 2. The molecule has 2 rings (SSSR count). The first kappa shape index (κ1) is 19.8. The van der Waals surface area contributed by atoms with E-state index in [2.05, 4.69) is 18.8 Å². The van der Waals surface area contributed by atoms with Crippen molar-refractivity contribution in [3.63, 3.8) is 0 Å². The van der Waals surface area contributed by atoms with Crippen LogP contribution in [0.1, 0.15) is 77.2 Å². The fourth-order valence-corrected chi connectivity index (χ4v) is 3.33. The molecule has 0 aromatic heterocycles. The van der Waals surface area contributed by atoms with Crippen LogP contribution in [0.15, 0.2) is 12.1 Å². The Morgan fingerprint density at radius 1 is 1.00 bits per heavy atom. The summed E-state index contributed by atoms with van der Waals surface area (Å²) in [6, 6.07) is 3.01. The summed E-state index contributed by atoms with van der Waals surface area (Å²) in [7, 11) is 0. The summed E-state index contributed by atoms with van der Waals surface area (Å²) in [5, 5.41) is 0. The second-order valence-electron chi connectivity index (χ2n) is 7.07. The largest absolute Gasteiger partial charge is 0.490 e.